The van der Waals surface area contributed by atoms with Crippen molar-refractivity contribution in [1.29, 1.82) is 0 Å². The average molecular weight is 489 g/mol. The minimum atomic E-state index is -1.62. The molecule has 0 amide bonds. The maximum atomic E-state index is 13.6. The monoisotopic (exact) mass is 488 g/mol. The fourth-order valence-corrected chi connectivity index (χ4v) is 5.38. The highest BCUT2D eigenvalue weighted by molar-refractivity contribution is 5.88. The Hall–Kier alpha value is -3.48. The van der Waals surface area contributed by atoms with Crippen LogP contribution in [0.3, 0.4) is 0 Å². The molecular formula is C29H32N2O5. The van der Waals surface area contributed by atoms with Crippen molar-refractivity contribution in [3.63, 3.8) is 0 Å². The highest BCUT2D eigenvalue weighted by atomic mass is 16.6. The fourth-order valence-electron chi connectivity index (χ4n) is 5.38. The van der Waals surface area contributed by atoms with E-state index in [1.54, 1.807) is 11.5 Å². The molecule has 0 saturated heterocycles. The number of carbonyl (C=O) groups is 2. The number of fused-ring (bicyclic) bond motifs is 5. The third kappa shape index (κ3) is 4.10. The summed E-state index contributed by atoms with van der Waals surface area (Å²) in [7, 11) is 0. The molecule has 1 aromatic carbocycles. The summed E-state index contributed by atoms with van der Waals surface area (Å²) in [5, 5.41) is 1.01. The average Bonchev–Trinajstić information content (AvgIpc) is 3.24. The SMILES string of the molecule is CCCCCCCCC(=O)OC1(CC)C(=O)OCc2c1cc1n(c2=O)Cc2cc3ccccc3nc2-1. The fraction of sp³-hybridized carbons (Fsp3) is 0.448. The van der Waals surface area contributed by atoms with Crippen LogP contribution in [0.1, 0.15) is 81.9 Å². The molecule has 36 heavy (non-hydrogen) atoms. The molecule has 0 N–H and O–H groups in total. The zero-order valence-corrected chi connectivity index (χ0v) is 21.0. The molecule has 1 unspecified atom stereocenters. The van der Waals surface area contributed by atoms with E-state index in [2.05, 4.69) is 13.0 Å². The van der Waals surface area contributed by atoms with Gasteiger partial charge in [0.15, 0.2) is 0 Å². The number of pyridine rings is 2. The largest absolute Gasteiger partial charge is 0.457 e. The lowest BCUT2D eigenvalue weighted by molar-refractivity contribution is -0.189. The third-order valence-corrected chi connectivity index (χ3v) is 7.41. The summed E-state index contributed by atoms with van der Waals surface area (Å²) < 4.78 is 13.0. The Bertz CT molecular complexity index is 1390. The smallest absolute Gasteiger partial charge is 0.355 e. The number of benzene rings is 1. The maximum absolute atomic E-state index is 13.6. The van der Waals surface area contributed by atoms with Gasteiger partial charge in [0.2, 0.25) is 5.60 Å². The molecule has 2 aliphatic heterocycles. The Morgan fingerprint density at radius 3 is 2.67 bits per heavy atom. The lowest BCUT2D eigenvalue weighted by atomic mass is 9.85. The van der Waals surface area contributed by atoms with Gasteiger partial charge < -0.3 is 14.0 Å². The van der Waals surface area contributed by atoms with Crippen molar-refractivity contribution in [2.75, 3.05) is 0 Å². The molecule has 0 aliphatic carbocycles. The first kappa shape index (κ1) is 24.2. The van der Waals surface area contributed by atoms with E-state index in [4.69, 9.17) is 14.5 Å². The van der Waals surface area contributed by atoms with Crippen LogP contribution in [0.4, 0.5) is 0 Å². The maximum Gasteiger partial charge on any atom is 0.355 e. The van der Waals surface area contributed by atoms with Crippen molar-refractivity contribution in [2.24, 2.45) is 0 Å². The predicted octanol–water partition coefficient (Wildman–Crippen LogP) is 5.38. The van der Waals surface area contributed by atoms with E-state index < -0.39 is 17.5 Å². The number of para-hydroxylation sites is 1. The topological polar surface area (TPSA) is 87.5 Å². The second-order valence-electron chi connectivity index (χ2n) is 9.75. The van der Waals surface area contributed by atoms with Crippen molar-refractivity contribution >= 4 is 22.8 Å². The van der Waals surface area contributed by atoms with Crippen LogP contribution in [0.5, 0.6) is 0 Å². The minimum Gasteiger partial charge on any atom is -0.457 e. The minimum absolute atomic E-state index is 0.129. The van der Waals surface area contributed by atoms with Gasteiger partial charge in [0.1, 0.15) is 6.61 Å². The van der Waals surface area contributed by atoms with Crippen LogP contribution in [-0.4, -0.2) is 21.5 Å². The van der Waals surface area contributed by atoms with E-state index >= 15 is 0 Å². The summed E-state index contributed by atoms with van der Waals surface area (Å²) in [6, 6.07) is 11.7. The summed E-state index contributed by atoms with van der Waals surface area (Å²) in [4.78, 5) is 44.4. The van der Waals surface area contributed by atoms with E-state index in [1.807, 2.05) is 30.3 Å². The Balaban J connectivity index is 1.49. The molecule has 0 saturated carbocycles. The second-order valence-corrected chi connectivity index (χ2v) is 9.75. The van der Waals surface area contributed by atoms with Gasteiger partial charge in [0.25, 0.3) is 5.56 Å². The third-order valence-electron chi connectivity index (χ3n) is 7.41. The van der Waals surface area contributed by atoms with E-state index in [0.29, 0.717) is 29.8 Å². The quantitative estimate of drug-likeness (QED) is 0.232. The molecule has 2 aromatic heterocycles. The number of esters is 2. The molecule has 5 rings (SSSR count). The summed E-state index contributed by atoms with van der Waals surface area (Å²) in [5.41, 5.74) is 2.07. The highest BCUT2D eigenvalue weighted by Crippen LogP contribution is 2.41. The van der Waals surface area contributed by atoms with E-state index in [0.717, 1.165) is 41.4 Å². The van der Waals surface area contributed by atoms with Crippen molar-refractivity contribution < 1.29 is 19.1 Å². The number of ether oxygens (including phenoxy) is 2. The van der Waals surface area contributed by atoms with Gasteiger partial charge in [-0.15, -0.1) is 0 Å². The zero-order chi connectivity index (χ0) is 25.3. The second kappa shape index (κ2) is 9.88. The Morgan fingerprint density at radius 2 is 1.86 bits per heavy atom. The number of aromatic nitrogens is 2. The summed E-state index contributed by atoms with van der Waals surface area (Å²) in [6.45, 7) is 4.22. The first-order chi connectivity index (χ1) is 17.5. The number of cyclic esters (lactones) is 1. The van der Waals surface area contributed by atoms with Gasteiger partial charge >= 0.3 is 11.9 Å². The van der Waals surface area contributed by atoms with Gasteiger partial charge in [0.05, 0.1) is 29.0 Å². The Labute approximate surface area is 210 Å². The lowest BCUT2D eigenvalue weighted by Crippen LogP contribution is -2.47. The Kier molecular flexibility index (Phi) is 6.65. The number of carbonyl (C=O) groups excluding carboxylic acids is 2. The van der Waals surface area contributed by atoms with Crippen molar-refractivity contribution in [2.45, 2.75) is 84.0 Å². The first-order valence-electron chi connectivity index (χ1n) is 13.0. The predicted molar refractivity (Wildman–Crippen MR) is 136 cm³/mol. The van der Waals surface area contributed by atoms with Gasteiger partial charge in [-0.05, 0) is 31.0 Å². The van der Waals surface area contributed by atoms with Crippen LogP contribution in [0.15, 0.2) is 41.2 Å². The Morgan fingerprint density at radius 1 is 1.08 bits per heavy atom. The van der Waals surface area contributed by atoms with Crippen LogP contribution >= 0.6 is 0 Å². The molecule has 0 bridgehead atoms. The van der Waals surface area contributed by atoms with Crippen LogP contribution in [-0.2, 0) is 37.8 Å². The van der Waals surface area contributed by atoms with E-state index in [1.165, 1.54) is 12.8 Å². The molecule has 1 atom stereocenters. The van der Waals surface area contributed by atoms with Crippen LogP contribution in [0, 0.1) is 0 Å². The summed E-state index contributed by atoms with van der Waals surface area (Å²) in [5.74, 6) is -1.06. The number of nitrogens with zero attached hydrogens (tertiary/aromatic N) is 2. The van der Waals surface area contributed by atoms with Crippen LogP contribution in [0.2, 0.25) is 0 Å². The molecule has 7 nitrogen and oxygen atoms in total. The van der Waals surface area contributed by atoms with Crippen LogP contribution in [0.25, 0.3) is 22.3 Å². The van der Waals surface area contributed by atoms with E-state index in [9.17, 15) is 14.4 Å². The van der Waals surface area contributed by atoms with Gasteiger partial charge in [-0.3, -0.25) is 9.59 Å². The molecule has 2 aliphatic rings. The van der Waals surface area contributed by atoms with Gasteiger partial charge in [-0.1, -0.05) is 64.2 Å². The molecular weight excluding hydrogens is 456 g/mol. The highest BCUT2D eigenvalue weighted by Gasteiger charge is 2.50. The zero-order valence-electron chi connectivity index (χ0n) is 21.0. The van der Waals surface area contributed by atoms with Crippen LogP contribution < -0.4 is 5.56 Å². The lowest BCUT2D eigenvalue weighted by Gasteiger charge is -2.35. The molecule has 0 fully saturated rings. The number of hydrogen-bond acceptors (Lipinski definition) is 6. The molecule has 7 heteroatoms. The van der Waals surface area contributed by atoms with Crippen molar-refractivity contribution in [3.05, 3.63) is 63.4 Å². The normalized spacial score (nSPS) is 17.9. The standard InChI is InChI=1S/C29H32N2O5/c1-3-5-6-7-8-9-14-25(32)36-29(4-2)22-16-24-26-20(15-19-12-10-11-13-23(19)30-26)17-31(24)27(33)21(22)18-35-28(29)34/h10-13,15-16H,3-9,14,17-18H2,1-2H3. The molecule has 0 radical (unpaired) electrons. The van der Waals surface area contributed by atoms with Crippen molar-refractivity contribution in [3.8, 4) is 11.4 Å². The summed E-state index contributed by atoms with van der Waals surface area (Å²) in [6.07, 6.45) is 6.67. The number of rotatable bonds is 9. The first-order valence-corrected chi connectivity index (χ1v) is 13.0. The van der Waals surface area contributed by atoms with Crippen molar-refractivity contribution in [1.82, 2.24) is 9.55 Å². The molecule has 4 heterocycles. The van der Waals surface area contributed by atoms with Gasteiger partial charge in [-0.2, -0.15) is 0 Å². The molecule has 3 aromatic rings. The van der Waals surface area contributed by atoms with Gasteiger partial charge in [-0.25, -0.2) is 9.78 Å². The van der Waals surface area contributed by atoms with E-state index in [-0.39, 0.29) is 25.0 Å². The number of hydrogen-bond donors (Lipinski definition) is 0. The molecule has 188 valence electrons. The molecule has 0 spiro atoms. The summed E-state index contributed by atoms with van der Waals surface area (Å²) >= 11 is 0. The number of unbranched alkanes of at least 4 members (excludes halogenated alkanes) is 5. The van der Waals surface area contributed by atoms with Gasteiger partial charge in [0, 0.05) is 22.9 Å².